The minimum Gasteiger partial charge on any atom is -0.456 e. The van der Waals surface area contributed by atoms with Crippen LogP contribution in [0.1, 0.15) is 87.1 Å². The van der Waals surface area contributed by atoms with E-state index in [-0.39, 0.29) is 11.8 Å². The molecule has 1 fully saturated rings. The Kier molecular flexibility index (Phi) is 17.3. The predicted molar refractivity (Wildman–Crippen MR) is 160 cm³/mol. The molecule has 0 unspecified atom stereocenters. The zero-order valence-electron chi connectivity index (χ0n) is 24.7. The Morgan fingerprint density at radius 2 is 1.55 bits per heavy atom. The van der Waals surface area contributed by atoms with Crippen LogP contribution in [0.4, 0.5) is 10.5 Å². The highest BCUT2D eigenvalue weighted by Crippen LogP contribution is 2.33. The lowest BCUT2D eigenvalue weighted by molar-refractivity contribution is -0.384. The van der Waals surface area contributed by atoms with Gasteiger partial charge in [-0.15, -0.1) is 0 Å². The summed E-state index contributed by atoms with van der Waals surface area (Å²) < 4.78 is 11.8. The topological polar surface area (TPSA) is 81.9 Å². The first kappa shape index (κ1) is 35.4. The number of amides is 1. The van der Waals surface area contributed by atoms with Gasteiger partial charge in [0, 0.05) is 25.2 Å². The largest absolute Gasteiger partial charge is 0.456 e. The summed E-state index contributed by atoms with van der Waals surface area (Å²) in [7, 11) is 0. The van der Waals surface area contributed by atoms with Crippen LogP contribution in [-0.4, -0.2) is 34.6 Å². The maximum absolute atomic E-state index is 12.2. The minimum absolute atomic E-state index is 0.0106. The fourth-order valence-electron chi connectivity index (χ4n) is 3.64. The van der Waals surface area contributed by atoms with E-state index in [0.29, 0.717) is 21.9 Å². The van der Waals surface area contributed by atoms with Crippen LogP contribution in [0.5, 0.6) is 11.5 Å². The van der Waals surface area contributed by atoms with Gasteiger partial charge in [0.1, 0.15) is 17.1 Å². The van der Waals surface area contributed by atoms with Crippen LogP contribution >= 0.6 is 15.9 Å². The lowest BCUT2D eigenvalue weighted by Gasteiger charge is -2.33. The molecule has 3 rings (SSSR count). The van der Waals surface area contributed by atoms with Crippen LogP contribution in [0, 0.1) is 16.0 Å². The van der Waals surface area contributed by atoms with Gasteiger partial charge in [0.05, 0.1) is 9.40 Å². The maximum atomic E-state index is 12.2. The summed E-state index contributed by atoms with van der Waals surface area (Å²) in [6.07, 6.45) is 3.82. The van der Waals surface area contributed by atoms with E-state index in [9.17, 15) is 14.9 Å². The van der Waals surface area contributed by atoms with Crippen LogP contribution in [0.25, 0.3) is 0 Å². The first-order valence-electron chi connectivity index (χ1n) is 13.8. The van der Waals surface area contributed by atoms with Gasteiger partial charge < -0.3 is 14.4 Å². The third-order valence-electron chi connectivity index (χ3n) is 5.38. The molecular weight excluding hydrogens is 548 g/mol. The number of rotatable bonds is 6. The number of aryl methyl sites for hydroxylation is 1. The van der Waals surface area contributed by atoms with E-state index >= 15 is 0 Å². The summed E-state index contributed by atoms with van der Waals surface area (Å²) in [5, 5.41) is 10.9. The molecule has 1 aliphatic rings. The monoisotopic (exact) mass is 594 g/mol. The quantitative estimate of drug-likeness (QED) is 0.245. The molecule has 0 aromatic heterocycles. The molecule has 1 amide bonds. The number of hydrogen-bond acceptors (Lipinski definition) is 5. The van der Waals surface area contributed by atoms with E-state index < -0.39 is 10.5 Å². The smallest absolute Gasteiger partial charge is 0.410 e. The second-order valence-electron chi connectivity index (χ2n) is 9.07. The predicted octanol–water partition coefficient (Wildman–Crippen LogP) is 9.81. The average Bonchev–Trinajstić information content (AvgIpc) is 2.92. The summed E-state index contributed by atoms with van der Waals surface area (Å²) >= 11 is 3.32. The highest BCUT2D eigenvalue weighted by molar-refractivity contribution is 9.10. The molecule has 214 valence electrons. The van der Waals surface area contributed by atoms with Gasteiger partial charge in [-0.1, -0.05) is 53.7 Å². The number of nitrogens with zero attached hydrogens (tertiary/aromatic N) is 2. The molecule has 7 nitrogen and oxygen atoms in total. The molecule has 0 atom stereocenters. The van der Waals surface area contributed by atoms with Crippen LogP contribution in [0.3, 0.4) is 0 Å². The number of nitro groups is 1. The van der Waals surface area contributed by atoms with Crippen LogP contribution < -0.4 is 4.74 Å². The van der Waals surface area contributed by atoms with Crippen LogP contribution in [0.2, 0.25) is 0 Å². The SMILES string of the molecule is CC.CC.CC.CC(C)(C)OC(=O)N1CCC(CCc2ccc(Oc3ccc([N+](=O)[O-])cc3Br)cc2)CC1. The summed E-state index contributed by atoms with van der Waals surface area (Å²) in [5.41, 5.74) is 0.782. The first-order valence-corrected chi connectivity index (χ1v) is 14.6. The Morgan fingerprint density at radius 1 is 1.00 bits per heavy atom. The van der Waals surface area contributed by atoms with Gasteiger partial charge in [-0.2, -0.15) is 0 Å². The van der Waals surface area contributed by atoms with E-state index in [1.807, 2.05) is 91.5 Å². The molecule has 0 radical (unpaired) electrons. The molecule has 1 saturated heterocycles. The van der Waals surface area contributed by atoms with Crippen molar-refractivity contribution in [2.75, 3.05) is 13.1 Å². The Morgan fingerprint density at radius 3 is 2.03 bits per heavy atom. The van der Waals surface area contributed by atoms with Gasteiger partial charge in [-0.3, -0.25) is 10.1 Å². The van der Waals surface area contributed by atoms with Gasteiger partial charge in [0.2, 0.25) is 0 Å². The Balaban J connectivity index is 0.00000213. The van der Waals surface area contributed by atoms with E-state index in [4.69, 9.17) is 9.47 Å². The Hall–Kier alpha value is -2.61. The van der Waals surface area contributed by atoms with E-state index in [1.54, 1.807) is 6.07 Å². The zero-order valence-corrected chi connectivity index (χ0v) is 26.3. The number of carbonyl (C=O) groups excluding carboxylic acids is 1. The van der Waals surface area contributed by atoms with Crippen molar-refractivity contribution in [3.63, 3.8) is 0 Å². The molecule has 0 aliphatic carbocycles. The van der Waals surface area contributed by atoms with Crippen molar-refractivity contribution in [2.45, 2.75) is 93.6 Å². The van der Waals surface area contributed by atoms with Crippen molar-refractivity contribution in [3.05, 3.63) is 62.6 Å². The maximum Gasteiger partial charge on any atom is 0.410 e. The molecule has 38 heavy (non-hydrogen) atoms. The van der Waals surface area contributed by atoms with Crippen LogP contribution in [-0.2, 0) is 11.2 Å². The van der Waals surface area contributed by atoms with Crippen molar-refractivity contribution < 1.29 is 19.2 Å². The normalized spacial score (nSPS) is 12.9. The van der Waals surface area contributed by atoms with E-state index in [1.165, 1.54) is 17.7 Å². The molecule has 2 aromatic carbocycles. The fraction of sp³-hybridized carbons (Fsp3) is 0.567. The lowest BCUT2D eigenvalue weighted by atomic mass is 9.90. The Labute approximate surface area is 238 Å². The average molecular weight is 596 g/mol. The van der Waals surface area contributed by atoms with E-state index in [0.717, 1.165) is 38.8 Å². The van der Waals surface area contributed by atoms with Gasteiger partial charge in [0.15, 0.2) is 0 Å². The summed E-state index contributed by atoms with van der Waals surface area (Å²) in [4.78, 5) is 24.4. The third-order valence-corrected chi connectivity index (χ3v) is 6.00. The highest BCUT2D eigenvalue weighted by atomic mass is 79.9. The number of carbonyl (C=O) groups is 1. The summed E-state index contributed by atoms with van der Waals surface area (Å²) in [5.74, 6) is 1.80. The molecule has 8 heteroatoms. The second kappa shape index (κ2) is 18.6. The van der Waals surface area contributed by atoms with Crippen molar-refractivity contribution in [1.82, 2.24) is 4.90 Å². The number of piperidine rings is 1. The van der Waals surface area contributed by atoms with Gasteiger partial charge in [0.25, 0.3) is 5.69 Å². The molecule has 0 bridgehead atoms. The molecule has 1 aliphatic heterocycles. The Bertz CT molecular complexity index is 950. The molecule has 0 saturated carbocycles. The fourth-order valence-corrected chi connectivity index (χ4v) is 4.09. The van der Waals surface area contributed by atoms with Gasteiger partial charge in [-0.05, 0) is 92.1 Å². The summed E-state index contributed by atoms with van der Waals surface area (Å²) in [6.45, 7) is 19.2. The summed E-state index contributed by atoms with van der Waals surface area (Å²) in [6, 6.07) is 12.3. The molecular formula is C30H47BrN2O5. The van der Waals surface area contributed by atoms with Crippen molar-refractivity contribution in [3.8, 4) is 11.5 Å². The highest BCUT2D eigenvalue weighted by Gasteiger charge is 2.26. The van der Waals surface area contributed by atoms with E-state index in [2.05, 4.69) is 15.9 Å². The number of hydrogen-bond donors (Lipinski definition) is 0. The molecule has 0 spiro atoms. The number of nitro benzene ring substituents is 1. The molecule has 2 aromatic rings. The lowest BCUT2D eigenvalue weighted by Crippen LogP contribution is -2.41. The minimum atomic E-state index is -0.460. The number of benzene rings is 2. The van der Waals surface area contributed by atoms with Gasteiger partial charge in [-0.25, -0.2) is 4.79 Å². The third kappa shape index (κ3) is 12.8. The molecule has 0 N–H and O–H groups in total. The number of ether oxygens (including phenoxy) is 2. The first-order chi connectivity index (χ1) is 18.1. The zero-order chi connectivity index (χ0) is 29.3. The number of halogens is 1. The number of non-ortho nitro benzene ring substituents is 1. The standard InChI is InChI=1S/C24H29BrN2O5.3C2H6/c1-24(2,3)32-23(28)26-14-12-18(13-15-26)5-4-17-6-9-20(10-7-17)31-22-11-8-19(27(29)30)16-21(22)25;3*1-2/h6-11,16,18H,4-5,12-15H2,1-3H3;3*1-2H3. The van der Waals surface area contributed by atoms with Crippen LogP contribution in [0.15, 0.2) is 46.9 Å². The van der Waals surface area contributed by atoms with Crippen molar-refractivity contribution in [1.29, 1.82) is 0 Å². The van der Waals surface area contributed by atoms with Crippen molar-refractivity contribution in [2.24, 2.45) is 5.92 Å². The van der Waals surface area contributed by atoms with Crippen molar-refractivity contribution >= 4 is 27.7 Å². The molecule has 1 heterocycles. The number of likely N-dealkylation sites (tertiary alicyclic amines) is 1. The van der Waals surface area contributed by atoms with Gasteiger partial charge >= 0.3 is 6.09 Å². The second-order valence-corrected chi connectivity index (χ2v) is 9.92.